The highest BCUT2D eigenvalue weighted by atomic mass is 14.2. The van der Waals surface area contributed by atoms with Crippen molar-refractivity contribution < 1.29 is 0 Å². The summed E-state index contributed by atoms with van der Waals surface area (Å²) in [6, 6.07) is 0. The highest BCUT2D eigenvalue weighted by molar-refractivity contribution is 4.81. The van der Waals surface area contributed by atoms with Crippen molar-refractivity contribution in [3.05, 3.63) is 12.2 Å². The third-order valence-corrected chi connectivity index (χ3v) is 5.99. The van der Waals surface area contributed by atoms with Crippen LogP contribution in [0.5, 0.6) is 0 Å². The Hall–Kier alpha value is -0.260. The summed E-state index contributed by atoms with van der Waals surface area (Å²) in [5.74, 6) is 1.90. The monoisotopic (exact) mass is 364 g/mol. The Morgan fingerprint density at radius 3 is 1.73 bits per heavy atom. The molecule has 0 bridgehead atoms. The van der Waals surface area contributed by atoms with E-state index >= 15 is 0 Å². The van der Waals surface area contributed by atoms with Crippen LogP contribution in [0, 0.1) is 11.8 Å². The van der Waals surface area contributed by atoms with Crippen molar-refractivity contribution in [3.8, 4) is 0 Å². The summed E-state index contributed by atoms with van der Waals surface area (Å²) in [5, 5.41) is 0. The lowest BCUT2D eigenvalue weighted by molar-refractivity contribution is 0.333. The molecule has 0 saturated heterocycles. The molecule has 0 nitrogen and oxygen atoms in total. The van der Waals surface area contributed by atoms with E-state index in [4.69, 9.17) is 0 Å². The molecule has 0 spiro atoms. The zero-order chi connectivity index (χ0) is 19.3. The second kappa shape index (κ2) is 21.0. The SMILES string of the molecule is CCCCCCCCCC=CCCCC(C)CC(CC)CCCCCC. The molecule has 0 fully saturated rings. The van der Waals surface area contributed by atoms with Crippen molar-refractivity contribution in [2.24, 2.45) is 11.8 Å². The van der Waals surface area contributed by atoms with Gasteiger partial charge in [-0.15, -0.1) is 0 Å². The molecular formula is C26H52. The van der Waals surface area contributed by atoms with Gasteiger partial charge < -0.3 is 0 Å². The molecular weight excluding hydrogens is 312 g/mol. The van der Waals surface area contributed by atoms with Gasteiger partial charge in [-0.1, -0.05) is 123 Å². The molecule has 0 heteroatoms. The summed E-state index contributed by atoms with van der Waals surface area (Å²) in [5.41, 5.74) is 0. The first-order valence-electron chi connectivity index (χ1n) is 12.4. The summed E-state index contributed by atoms with van der Waals surface area (Å²) in [6.07, 6.45) is 30.3. The Morgan fingerprint density at radius 2 is 1.12 bits per heavy atom. The minimum atomic E-state index is 0.919. The molecule has 0 saturated carbocycles. The first-order chi connectivity index (χ1) is 12.7. The number of hydrogen-bond donors (Lipinski definition) is 0. The average molecular weight is 365 g/mol. The predicted octanol–water partition coefficient (Wildman–Crippen LogP) is 9.88. The fourth-order valence-electron chi connectivity index (χ4n) is 4.07. The molecule has 0 aliphatic rings. The zero-order valence-electron chi connectivity index (χ0n) is 19.0. The maximum Gasteiger partial charge on any atom is -0.0351 e. The third kappa shape index (κ3) is 18.5. The molecule has 0 aliphatic heterocycles. The third-order valence-electron chi connectivity index (χ3n) is 5.99. The van der Waals surface area contributed by atoms with Crippen LogP contribution in [-0.4, -0.2) is 0 Å². The van der Waals surface area contributed by atoms with E-state index in [1.54, 1.807) is 0 Å². The molecule has 0 heterocycles. The smallest absolute Gasteiger partial charge is 0.0351 e. The van der Waals surface area contributed by atoms with Gasteiger partial charge in [-0.3, -0.25) is 0 Å². The Balaban J connectivity index is 3.49. The quantitative estimate of drug-likeness (QED) is 0.149. The predicted molar refractivity (Wildman–Crippen MR) is 122 cm³/mol. The summed E-state index contributed by atoms with van der Waals surface area (Å²) in [7, 11) is 0. The van der Waals surface area contributed by atoms with Gasteiger partial charge in [0.05, 0.1) is 0 Å². The van der Waals surface area contributed by atoms with Gasteiger partial charge in [0.2, 0.25) is 0 Å². The fraction of sp³-hybridized carbons (Fsp3) is 0.923. The molecule has 0 aromatic carbocycles. The van der Waals surface area contributed by atoms with Gasteiger partial charge in [-0.05, 0) is 43.9 Å². The molecule has 26 heavy (non-hydrogen) atoms. The first kappa shape index (κ1) is 25.7. The molecule has 2 unspecified atom stereocenters. The Morgan fingerprint density at radius 1 is 0.577 bits per heavy atom. The van der Waals surface area contributed by atoms with Gasteiger partial charge in [-0.25, -0.2) is 0 Å². The molecule has 0 rings (SSSR count). The van der Waals surface area contributed by atoms with Crippen molar-refractivity contribution in [2.75, 3.05) is 0 Å². The van der Waals surface area contributed by atoms with Gasteiger partial charge in [-0.2, -0.15) is 0 Å². The number of rotatable bonds is 20. The normalized spacial score (nSPS) is 14.2. The topological polar surface area (TPSA) is 0 Å². The van der Waals surface area contributed by atoms with Crippen LogP contribution in [0.1, 0.15) is 143 Å². The summed E-state index contributed by atoms with van der Waals surface area (Å²) < 4.78 is 0. The van der Waals surface area contributed by atoms with E-state index in [-0.39, 0.29) is 0 Å². The summed E-state index contributed by atoms with van der Waals surface area (Å²) in [4.78, 5) is 0. The maximum atomic E-state index is 2.48. The number of unbranched alkanes of at least 4 members (excludes halogenated alkanes) is 11. The lowest BCUT2D eigenvalue weighted by atomic mass is 9.87. The van der Waals surface area contributed by atoms with Crippen molar-refractivity contribution in [3.63, 3.8) is 0 Å². The van der Waals surface area contributed by atoms with Crippen LogP contribution in [0.3, 0.4) is 0 Å². The van der Waals surface area contributed by atoms with E-state index in [0.29, 0.717) is 0 Å². The Bertz CT molecular complexity index is 278. The minimum absolute atomic E-state index is 0.919. The van der Waals surface area contributed by atoms with E-state index in [0.717, 1.165) is 11.8 Å². The van der Waals surface area contributed by atoms with Crippen LogP contribution in [0.4, 0.5) is 0 Å². The summed E-state index contributed by atoms with van der Waals surface area (Å²) in [6.45, 7) is 9.48. The number of hydrogen-bond acceptors (Lipinski definition) is 0. The van der Waals surface area contributed by atoms with Crippen molar-refractivity contribution >= 4 is 0 Å². The van der Waals surface area contributed by atoms with Crippen molar-refractivity contribution in [2.45, 2.75) is 143 Å². The first-order valence-corrected chi connectivity index (χ1v) is 12.4. The van der Waals surface area contributed by atoms with Crippen LogP contribution in [0.25, 0.3) is 0 Å². The standard InChI is InChI=1S/C26H52/c1-5-8-10-12-13-14-15-16-17-18-19-20-22-25(4)24-26(7-3)23-21-11-9-6-2/h17-18,25-26H,5-16,19-24H2,1-4H3. The lowest BCUT2D eigenvalue weighted by Gasteiger charge is -2.19. The maximum absolute atomic E-state index is 2.48. The van der Waals surface area contributed by atoms with E-state index < -0.39 is 0 Å². The Labute approximate surface area is 167 Å². The molecule has 0 radical (unpaired) electrons. The van der Waals surface area contributed by atoms with Gasteiger partial charge in [0.25, 0.3) is 0 Å². The molecule has 0 N–H and O–H groups in total. The lowest BCUT2D eigenvalue weighted by Crippen LogP contribution is -2.06. The largest absolute Gasteiger partial charge is 0.0885 e. The Kier molecular flexibility index (Phi) is 20.8. The zero-order valence-corrected chi connectivity index (χ0v) is 19.0. The molecule has 156 valence electrons. The number of allylic oxidation sites excluding steroid dienone is 2. The van der Waals surface area contributed by atoms with Gasteiger partial charge in [0, 0.05) is 0 Å². The van der Waals surface area contributed by atoms with Crippen LogP contribution in [-0.2, 0) is 0 Å². The molecule has 0 aliphatic carbocycles. The van der Waals surface area contributed by atoms with Crippen molar-refractivity contribution in [1.82, 2.24) is 0 Å². The van der Waals surface area contributed by atoms with Gasteiger partial charge in [0.15, 0.2) is 0 Å². The van der Waals surface area contributed by atoms with Crippen LogP contribution in [0.2, 0.25) is 0 Å². The van der Waals surface area contributed by atoms with Crippen molar-refractivity contribution in [1.29, 1.82) is 0 Å². The van der Waals surface area contributed by atoms with Crippen LogP contribution < -0.4 is 0 Å². The summed E-state index contributed by atoms with van der Waals surface area (Å²) >= 11 is 0. The van der Waals surface area contributed by atoms with E-state index in [1.807, 2.05) is 0 Å². The highest BCUT2D eigenvalue weighted by Crippen LogP contribution is 2.25. The van der Waals surface area contributed by atoms with E-state index in [9.17, 15) is 0 Å². The highest BCUT2D eigenvalue weighted by Gasteiger charge is 2.11. The van der Waals surface area contributed by atoms with Crippen LogP contribution >= 0.6 is 0 Å². The van der Waals surface area contributed by atoms with Gasteiger partial charge in [0.1, 0.15) is 0 Å². The molecule has 0 aromatic rings. The van der Waals surface area contributed by atoms with Gasteiger partial charge >= 0.3 is 0 Å². The van der Waals surface area contributed by atoms with E-state index in [2.05, 4.69) is 39.8 Å². The molecule has 0 aromatic heterocycles. The average Bonchev–Trinajstić information content (AvgIpc) is 2.65. The minimum Gasteiger partial charge on any atom is -0.0885 e. The fourth-order valence-corrected chi connectivity index (χ4v) is 4.07. The molecule has 2 atom stereocenters. The van der Waals surface area contributed by atoms with E-state index in [1.165, 1.54) is 116 Å². The molecule has 0 amide bonds. The second-order valence-electron chi connectivity index (χ2n) is 8.78. The second-order valence-corrected chi connectivity index (χ2v) is 8.78. The van der Waals surface area contributed by atoms with Crippen LogP contribution in [0.15, 0.2) is 12.2 Å².